The number of aliphatic imine (C=N–C) groups is 1. The minimum absolute atomic E-state index is 0.0187. The molecule has 2 nitrogen and oxygen atoms in total. The maximum atomic E-state index is 4.74. The van der Waals surface area contributed by atoms with Crippen molar-refractivity contribution in [1.82, 2.24) is 4.90 Å². The van der Waals surface area contributed by atoms with Crippen molar-refractivity contribution in [3.05, 3.63) is 12.3 Å². The normalized spacial score (nSPS) is 21.0. The van der Waals surface area contributed by atoms with Crippen LogP contribution in [0.1, 0.15) is 48.0 Å². The van der Waals surface area contributed by atoms with Crippen molar-refractivity contribution in [2.45, 2.75) is 59.0 Å². The van der Waals surface area contributed by atoms with Gasteiger partial charge in [-0.25, -0.2) is 0 Å². The molecule has 0 spiro atoms. The zero-order valence-electron chi connectivity index (χ0n) is 10.3. The van der Waals surface area contributed by atoms with E-state index >= 15 is 0 Å². The molecule has 1 rings (SSSR count). The predicted octanol–water partition coefficient (Wildman–Crippen LogP) is 3.20. The number of rotatable bonds is 0. The summed E-state index contributed by atoms with van der Waals surface area (Å²) in [6.07, 6.45) is 5.29. The van der Waals surface area contributed by atoms with E-state index in [1.54, 1.807) is 0 Å². The van der Waals surface area contributed by atoms with Crippen LogP contribution in [0, 0.1) is 0 Å². The molecule has 0 amide bonds. The van der Waals surface area contributed by atoms with E-state index < -0.39 is 0 Å². The third-order valence-corrected chi connectivity index (χ3v) is 2.02. The van der Waals surface area contributed by atoms with Crippen molar-refractivity contribution in [2.75, 3.05) is 0 Å². The van der Waals surface area contributed by atoms with Crippen molar-refractivity contribution in [3.8, 4) is 0 Å². The fourth-order valence-corrected chi connectivity index (χ4v) is 1.55. The van der Waals surface area contributed by atoms with E-state index in [4.69, 9.17) is 4.99 Å². The molecule has 0 atom stereocenters. The van der Waals surface area contributed by atoms with Crippen LogP contribution in [-0.4, -0.2) is 21.8 Å². The number of hydrogen-bond donors (Lipinski definition) is 0. The average molecular weight is 194 g/mol. The van der Waals surface area contributed by atoms with E-state index in [-0.39, 0.29) is 11.1 Å². The van der Waals surface area contributed by atoms with Crippen LogP contribution in [0.5, 0.6) is 0 Å². The Morgan fingerprint density at radius 2 is 1.71 bits per heavy atom. The van der Waals surface area contributed by atoms with Gasteiger partial charge in [0.25, 0.3) is 0 Å². The summed E-state index contributed by atoms with van der Waals surface area (Å²) in [5.41, 5.74) is 0.155. The van der Waals surface area contributed by atoms with E-state index in [2.05, 4.69) is 58.7 Å². The zero-order chi connectivity index (χ0) is 11.0. The van der Waals surface area contributed by atoms with Crippen LogP contribution in [0.25, 0.3) is 0 Å². The average Bonchev–Trinajstić information content (AvgIpc) is 2.29. The Hall–Kier alpha value is -0.790. The van der Waals surface area contributed by atoms with Gasteiger partial charge in [0.1, 0.15) is 5.84 Å². The second-order valence-corrected chi connectivity index (χ2v) is 5.83. The molecule has 1 aliphatic heterocycles. The molecule has 0 aromatic rings. The molecule has 0 saturated carbocycles. The van der Waals surface area contributed by atoms with Crippen LogP contribution in [0.4, 0.5) is 0 Å². The Morgan fingerprint density at radius 3 is 2.14 bits per heavy atom. The Balaban J connectivity index is 2.88. The monoisotopic (exact) mass is 194 g/mol. The van der Waals surface area contributed by atoms with E-state index in [9.17, 15) is 0 Å². The fraction of sp³-hybridized carbons (Fsp3) is 0.750. The molecule has 0 aromatic heterocycles. The lowest BCUT2D eigenvalue weighted by molar-refractivity contribution is 0.312. The van der Waals surface area contributed by atoms with Crippen molar-refractivity contribution in [3.63, 3.8) is 0 Å². The third-order valence-electron chi connectivity index (χ3n) is 2.02. The molecule has 0 N–H and O–H groups in total. The number of hydrogen-bond acceptors (Lipinski definition) is 1. The highest BCUT2D eigenvalue weighted by molar-refractivity contribution is 5.87. The van der Waals surface area contributed by atoms with Crippen LogP contribution in [0.3, 0.4) is 0 Å². The standard InChI is InChI=1S/C12H22N2/c1-11(2,3)13-10-8-7-9-14(10)12(4,5)6/h7,9H,8H2,1-6H3. The Bertz CT molecular complexity index is 261. The van der Waals surface area contributed by atoms with Gasteiger partial charge < -0.3 is 4.90 Å². The molecule has 0 saturated heterocycles. The number of nitrogens with zero attached hydrogens (tertiary/aromatic N) is 2. The first-order valence-electron chi connectivity index (χ1n) is 5.25. The highest BCUT2D eigenvalue weighted by Crippen LogP contribution is 2.23. The maximum absolute atomic E-state index is 4.74. The van der Waals surface area contributed by atoms with Crippen molar-refractivity contribution in [1.29, 1.82) is 0 Å². The minimum Gasteiger partial charge on any atom is -0.332 e. The van der Waals surface area contributed by atoms with Gasteiger partial charge in [0.15, 0.2) is 0 Å². The summed E-state index contributed by atoms with van der Waals surface area (Å²) < 4.78 is 0. The highest BCUT2D eigenvalue weighted by Gasteiger charge is 2.26. The van der Waals surface area contributed by atoms with E-state index in [0.29, 0.717) is 0 Å². The molecule has 14 heavy (non-hydrogen) atoms. The largest absolute Gasteiger partial charge is 0.332 e. The molecule has 0 aromatic carbocycles. The Labute approximate surface area is 87.7 Å². The van der Waals surface area contributed by atoms with E-state index in [1.807, 2.05) is 0 Å². The molecule has 2 heteroatoms. The SMILES string of the molecule is CC(C)(C)N=C1CC=CN1C(C)(C)C. The van der Waals surface area contributed by atoms with Gasteiger partial charge in [-0.1, -0.05) is 6.08 Å². The van der Waals surface area contributed by atoms with Crippen molar-refractivity contribution in [2.24, 2.45) is 4.99 Å². The molecule has 0 aliphatic carbocycles. The maximum Gasteiger partial charge on any atom is 0.108 e. The van der Waals surface area contributed by atoms with Gasteiger partial charge in [-0.2, -0.15) is 0 Å². The molecule has 0 fully saturated rings. The zero-order valence-corrected chi connectivity index (χ0v) is 10.3. The third kappa shape index (κ3) is 2.86. The van der Waals surface area contributed by atoms with E-state index in [1.165, 1.54) is 5.84 Å². The molecule has 0 unspecified atom stereocenters. The summed E-state index contributed by atoms with van der Waals surface area (Å²) in [6.45, 7) is 13.0. The molecule has 1 heterocycles. The quantitative estimate of drug-likeness (QED) is 0.578. The van der Waals surface area contributed by atoms with Crippen LogP contribution in [-0.2, 0) is 0 Å². The van der Waals surface area contributed by atoms with Crippen LogP contribution in [0.2, 0.25) is 0 Å². The second kappa shape index (κ2) is 3.41. The lowest BCUT2D eigenvalue weighted by Crippen LogP contribution is -2.40. The fourth-order valence-electron chi connectivity index (χ4n) is 1.55. The van der Waals surface area contributed by atoms with Gasteiger partial charge in [0, 0.05) is 18.2 Å². The van der Waals surface area contributed by atoms with E-state index in [0.717, 1.165) is 6.42 Å². The second-order valence-electron chi connectivity index (χ2n) is 5.83. The topological polar surface area (TPSA) is 15.6 Å². The van der Waals surface area contributed by atoms with Crippen LogP contribution in [0.15, 0.2) is 17.3 Å². The van der Waals surface area contributed by atoms with Gasteiger partial charge in [0.2, 0.25) is 0 Å². The summed E-state index contributed by atoms with van der Waals surface area (Å²) in [6, 6.07) is 0. The molecule has 1 aliphatic rings. The first kappa shape index (κ1) is 11.3. The van der Waals surface area contributed by atoms with Crippen molar-refractivity contribution >= 4 is 5.84 Å². The molecule has 0 bridgehead atoms. The Morgan fingerprint density at radius 1 is 1.14 bits per heavy atom. The molecular weight excluding hydrogens is 172 g/mol. The van der Waals surface area contributed by atoms with Gasteiger partial charge in [0.05, 0.1) is 5.54 Å². The summed E-state index contributed by atoms with van der Waals surface area (Å²) in [4.78, 5) is 7.00. The summed E-state index contributed by atoms with van der Waals surface area (Å²) in [7, 11) is 0. The van der Waals surface area contributed by atoms with Crippen molar-refractivity contribution < 1.29 is 0 Å². The highest BCUT2D eigenvalue weighted by atomic mass is 15.2. The Kier molecular flexibility index (Phi) is 2.75. The number of amidine groups is 1. The first-order chi connectivity index (χ1) is 6.20. The summed E-state index contributed by atoms with van der Waals surface area (Å²) >= 11 is 0. The molecule has 80 valence electrons. The summed E-state index contributed by atoms with van der Waals surface area (Å²) in [5, 5.41) is 0. The van der Waals surface area contributed by atoms with Crippen LogP contribution >= 0.6 is 0 Å². The van der Waals surface area contributed by atoms with Gasteiger partial charge in [-0.3, -0.25) is 4.99 Å². The van der Waals surface area contributed by atoms with Crippen LogP contribution < -0.4 is 0 Å². The van der Waals surface area contributed by atoms with Gasteiger partial charge in [-0.15, -0.1) is 0 Å². The minimum atomic E-state index is 0.0187. The lowest BCUT2D eigenvalue weighted by atomic mass is 10.1. The first-order valence-corrected chi connectivity index (χ1v) is 5.25. The predicted molar refractivity (Wildman–Crippen MR) is 62.5 cm³/mol. The molecule has 0 radical (unpaired) electrons. The van der Waals surface area contributed by atoms with Gasteiger partial charge >= 0.3 is 0 Å². The van der Waals surface area contributed by atoms with Gasteiger partial charge in [-0.05, 0) is 41.5 Å². The summed E-state index contributed by atoms with van der Waals surface area (Å²) in [5.74, 6) is 1.19. The lowest BCUT2D eigenvalue weighted by Gasteiger charge is -2.33. The smallest absolute Gasteiger partial charge is 0.108 e. The molecular formula is C12H22N2.